The van der Waals surface area contributed by atoms with Crippen molar-refractivity contribution in [3.63, 3.8) is 0 Å². The van der Waals surface area contributed by atoms with Crippen molar-refractivity contribution in [1.82, 2.24) is 4.31 Å². The standard InChI is InChI=1S/C13H13F3N2O4S.C7H3F2NO/c14-13(15,16)10-1-2-11(9(5-10)6-17)23(21,22)18-4-3-12(20,7-18)8-19;8-6-1-4(11)2-7(9)5(6)3-10/h1-2,5,19-20H,3-4,7-8H2;1-2,11H. The average Bonchev–Trinajstić information content (AvgIpc) is 3.16. The minimum Gasteiger partial charge on any atom is -0.508 e. The summed E-state index contributed by atoms with van der Waals surface area (Å²) in [4.78, 5) is -0.560. The normalized spacial score (nSPS) is 18.5. The first-order valence-electron chi connectivity index (χ1n) is 9.21. The van der Waals surface area contributed by atoms with Gasteiger partial charge in [-0.2, -0.15) is 28.0 Å². The van der Waals surface area contributed by atoms with Crippen molar-refractivity contribution in [2.24, 2.45) is 0 Å². The number of aromatic hydroxyl groups is 1. The molecule has 0 saturated carbocycles. The summed E-state index contributed by atoms with van der Waals surface area (Å²) in [6, 6.07) is 5.94. The third-order valence-electron chi connectivity index (χ3n) is 4.78. The van der Waals surface area contributed by atoms with Crippen LogP contribution in [0.5, 0.6) is 5.75 Å². The fraction of sp³-hybridized carbons (Fsp3) is 0.300. The van der Waals surface area contributed by atoms with Gasteiger partial charge in [-0.3, -0.25) is 0 Å². The van der Waals surface area contributed by atoms with E-state index in [9.17, 15) is 35.5 Å². The zero-order chi connectivity index (χ0) is 25.9. The maximum Gasteiger partial charge on any atom is 0.416 e. The van der Waals surface area contributed by atoms with Crippen molar-refractivity contribution in [3.05, 3.63) is 58.7 Å². The topological polar surface area (TPSA) is 146 Å². The molecule has 1 unspecified atom stereocenters. The van der Waals surface area contributed by atoms with Gasteiger partial charge in [-0.15, -0.1) is 0 Å². The molecule has 0 aromatic heterocycles. The highest BCUT2D eigenvalue weighted by Gasteiger charge is 2.42. The molecule has 0 aliphatic carbocycles. The summed E-state index contributed by atoms with van der Waals surface area (Å²) in [5, 5.41) is 44.7. The maximum absolute atomic E-state index is 12.7. The van der Waals surface area contributed by atoms with Gasteiger partial charge >= 0.3 is 6.18 Å². The molecule has 0 bridgehead atoms. The van der Waals surface area contributed by atoms with Crippen LogP contribution in [0.25, 0.3) is 0 Å². The molecule has 1 heterocycles. The number of hydrogen-bond acceptors (Lipinski definition) is 7. The predicted molar refractivity (Wildman–Crippen MR) is 104 cm³/mol. The van der Waals surface area contributed by atoms with Gasteiger partial charge in [-0.25, -0.2) is 17.2 Å². The average molecular weight is 505 g/mol. The van der Waals surface area contributed by atoms with Crippen LogP contribution < -0.4 is 0 Å². The fourth-order valence-electron chi connectivity index (χ4n) is 2.98. The Balaban J connectivity index is 0.000000310. The molecule has 0 spiro atoms. The molecule has 14 heteroatoms. The molecule has 1 fully saturated rings. The molecule has 1 saturated heterocycles. The van der Waals surface area contributed by atoms with E-state index in [1.807, 2.05) is 0 Å². The first-order valence-corrected chi connectivity index (χ1v) is 10.7. The number of aliphatic hydroxyl groups is 2. The number of β-amino-alcohol motifs (C(OH)–C–C–N with tert-alkyl or cyclic N) is 1. The molecule has 1 aliphatic heterocycles. The van der Waals surface area contributed by atoms with Gasteiger partial charge in [-0.1, -0.05) is 0 Å². The number of halogens is 5. The van der Waals surface area contributed by atoms with Crippen molar-refractivity contribution < 1.29 is 45.7 Å². The summed E-state index contributed by atoms with van der Waals surface area (Å²) in [5.41, 5.74) is -4.02. The highest BCUT2D eigenvalue weighted by atomic mass is 32.2. The van der Waals surface area contributed by atoms with Gasteiger partial charge in [0.25, 0.3) is 0 Å². The molecule has 1 aliphatic rings. The van der Waals surface area contributed by atoms with E-state index >= 15 is 0 Å². The van der Waals surface area contributed by atoms with Crippen LogP contribution in [0, 0.1) is 34.3 Å². The Morgan fingerprint density at radius 3 is 2.12 bits per heavy atom. The summed E-state index contributed by atoms with van der Waals surface area (Å²) in [6.45, 7) is -1.14. The van der Waals surface area contributed by atoms with Gasteiger partial charge < -0.3 is 15.3 Å². The number of rotatable bonds is 3. The van der Waals surface area contributed by atoms with Gasteiger partial charge in [0, 0.05) is 25.2 Å². The van der Waals surface area contributed by atoms with E-state index in [1.54, 1.807) is 0 Å². The van der Waals surface area contributed by atoms with E-state index in [0.717, 1.165) is 10.4 Å². The Morgan fingerprint density at radius 1 is 1.09 bits per heavy atom. The fourth-order valence-corrected chi connectivity index (χ4v) is 4.62. The molecule has 2 aromatic carbocycles. The van der Waals surface area contributed by atoms with Crippen molar-refractivity contribution in [2.45, 2.75) is 23.1 Å². The van der Waals surface area contributed by atoms with Crippen LogP contribution in [0.4, 0.5) is 22.0 Å². The second-order valence-electron chi connectivity index (χ2n) is 7.19. The van der Waals surface area contributed by atoms with E-state index in [1.165, 1.54) is 12.1 Å². The monoisotopic (exact) mass is 505 g/mol. The summed E-state index contributed by atoms with van der Waals surface area (Å²) in [7, 11) is -4.25. The first-order chi connectivity index (χ1) is 15.7. The lowest BCUT2D eigenvalue weighted by Gasteiger charge is -2.21. The number of benzene rings is 2. The van der Waals surface area contributed by atoms with Crippen molar-refractivity contribution >= 4 is 10.0 Å². The van der Waals surface area contributed by atoms with Gasteiger partial charge in [0.2, 0.25) is 10.0 Å². The van der Waals surface area contributed by atoms with Crippen LogP contribution >= 0.6 is 0 Å². The Bertz CT molecular complexity index is 1250. The van der Waals surface area contributed by atoms with E-state index in [4.69, 9.17) is 20.7 Å². The number of nitrogens with zero attached hydrogens (tertiary/aromatic N) is 3. The largest absolute Gasteiger partial charge is 0.508 e. The Morgan fingerprint density at radius 2 is 1.68 bits per heavy atom. The highest BCUT2D eigenvalue weighted by molar-refractivity contribution is 7.89. The maximum atomic E-state index is 12.7. The number of phenolic OH excluding ortho intramolecular Hbond substituents is 1. The van der Waals surface area contributed by atoms with E-state index in [-0.39, 0.29) is 13.0 Å². The van der Waals surface area contributed by atoms with E-state index < -0.39 is 73.9 Å². The molecule has 2 aromatic rings. The molecule has 3 N–H and O–H groups in total. The first kappa shape index (κ1) is 26.9. The van der Waals surface area contributed by atoms with Gasteiger partial charge in [-0.05, 0) is 24.6 Å². The van der Waals surface area contributed by atoms with Crippen LogP contribution in [0.2, 0.25) is 0 Å². The van der Waals surface area contributed by atoms with Gasteiger partial charge in [0.05, 0.1) is 22.6 Å². The van der Waals surface area contributed by atoms with Crippen molar-refractivity contribution in [1.29, 1.82) is 10.5 Å². The van der Waals surface area contributed by atoms with Gasteiger partial charge in [0.15, 0.2) is 0 Å². The number of alkyl halides is 3. The number of aliphatic hydroxyl groups excluding tert-OH is 1. The van der Waals surface area contributed by atoms with Crippen LogP contribution in [0.1, 0.15) is 23.1 Å². The minimum absolute atomic E-state index is 0.00868. The zero-order valence-corrected chi connectivity index (χ0v) is 17.8. The Labute approximate surface area is 190 Å². The van der Waals surface area contributed by atoms with Crippen LogP contribution in [-0.2, 0) is 16.2 Å². The van der Waals surface area contributed by atoms with Crippen LogP contribution in [-0.4, -0.2) is 53.3 Å². The molecule has 182 valence electrons. The zero-order valence-electron chi connectivity index (χ0n) is 17.0. The molecular weight excluding hydrogens is 489 g/mol. The summed E-state index contributed by atoms with van der Waals surface area (Å²) in [6.07, 6.45) is -4.70. The van der Waals surface area contributed by atoms with E-state index in [0.29, 0.717) is 24.3 Å². The predicted octanol–water partition coefficient (Wildman–Crippen LogP) is 2.24. The van der Waals surface area contributed by atoms with Gasteiger partial charge in [0.1, 0.15) is 40.7 Å². The molecule has 3 rings (SSSR count). The number of phenols is 1. The van der Waals surface area contributed by atoms with Crippen molar-refractivity contribution in [2.75, 3.05) is 19.7 Å². The second kappa shape index (κ2) is 9.90. The third kappa shape index (κ3) is 5.78. The van der Waals surface area contributed by atoms with Crippen molar-refractivity contribution in [3.8, 4) is 17.9 Å². The minimum atomic E-state index is -4.70. The lowest BCUT2D eigenvalue weighted by atomic mass is 10.1. The lowest BCUT2D eigenvalue weighted by molar-refractivity contribution is -0.137. The SMILES string of the molecule is N#Cc1c(F)cc(O)cc1F.N#Cc1cc(C(F)(F)F)ccc1S(=O)(=O)N1CCC(O)(CO)C1. The lowest BCUT2D eigenvalue weighted by Crippen LogP contribution is -2.39. The second-order valence-corrected chi connectivity index (χ2v) is 9.09. The Kier molecular flexibility index (Phi) is 7.85. The van der Waals surface area contributed by atoms with E-state index in [2.05, 4.69) is 0 Å². The molecule has 8 nitrogen and oxygen atoms in total. The van der Waals surface area contributed by atoms with Crippen LogP contribution in [0.3, 0.4) is 0 Å². The summed E-state index contributed by atoms with van der Waals surface area (Å²) >= 11 is 0. The molecule has 0 amide bonds. The summed E-state index contributed by atoms with van der Waals surface area (Å²) in [5.74, 6) is -2.63. The summed E-state index contributed by atoms with van der Waals surface area (Å²) < 4.78 is 88.7. The quantitative estimate of drug-likeness (QED) is 0.543. The molecule has 0 radical (unpaired) electrons. The Hall–Kier alpha value is -3.30. The molecule has 1 atom stereocenters. The number of hydrogen-bond donors (Lipinski definition) is 3. The highest BCUT2D eigenvalue weighted by Crippen LogP contribution is 2.33. The molecular formula is C20H16F5N3O5S. The third-order valence-corrected chi connectivity index (χ3v) is 6.68. The van der Waals surface area contributed by atoms with Crippen LogP contribution in [0.15, 0.2) is 35.2 Å². The smallest absolute Gasteiger partial charge is 0.416 e. The number of sulfonamides is 1. The number of nitriles is 2. The molecule has 34 heavy (non-hydrogen) atoms.